The summed E-state index contributed by atoms with van der Waals surface area (Å²) in [5.41, 5.74) is 6.79. The standard InChI is InChI=1S/C12H12N4O4/c1-6-7(2)15-20-12(6)14-11(17)8-3-4-10(16(18)19)9(13)5-8/h3-5H,13H2,1-2H3,(H,14,17). The molecule has 0 bridgehead atoms. The van der Waals surface area contributed by atoms with Gasteiger partial charge in [-0.05, 0) is 26.0 Å². The number of benzene rings is 1. The number of nitrogens with one attached hydrogen (secondary N) is 1. The highest BCUT2D eigenvalue weighted by Crippen LogP contribution is 2.23. The highest BCUT2D eigenvalue weighted by Gasteiger charge is 2.17. The summed E-state index contributed by atoms with van der Waals surface area (Å²) in [5, 5.41) is 16.9. The lowest BCUT2D eigenvalue weighted by atomic mass is 10.1. The van der Waals surface area contributed by atoms with Gasteiger partial charge in [0, 0.05) is 17.2 Å². The average molecular weight is 276 g/mol. The van der Waals surface area contributed by atoms with Crippen LogP contribution in [0.25, 0.3) is 0 Å². The molecule has 1 amide bonds. The summed E-state index contributed by atoms with van der Waals surface area (Å²) >= 11 is 0. The van der Waals surface area contributed by atoms with Gasteiger partial charge >= 0.3 is 0 Å². The van der Waals surface area contributed by atoms with Gasteiger partial charge in [-0.1, -0.05) is 5.16 Å². The summed E-state index contributed by atoms with van der Waals surface area (Å²) in [6.07, 6.45) is 0. The fraction of sp³-hybridized carbons (Fsp3) is 0.167. The number of carbonyl (C=O) groups is 1. The highest BCUT2D eigenvalue weighted by atomic mass is 16.6. The molecule has 8 nitrogen and oxygen atoms in total. The zero-order valence-corrected chi connectivity index (χ0v) is 10.8. The van der Waals surface area contributed by atoms with E-state index in [9.17, 15) is 14.9 Å². The lowest BCUT2D eigenvalue weighted by molar-refractivity contribution is -0.383. The number of hydrogen-bond acceptors (Lipinski definition) is 6. The maximum Gasteiger partial charge on any atom is 0.292 e. The summed E-state index contributed by atoms with van der Waals surface area (Å²) in [6, 6.07) is 3.75. The van der Waals surface area contributed by atoms with Gasteiger partial charge in [-0.15, -0.1) is 0 Å². The number of carbonyl (C=O) groups excluding carboxylic acids is 1. The summed E-state index contributed by atoms with van der Waals surface area (Å²) < 4.78 is 4.96. The third-order valence-corrected chi connectivity index (χ3v) is 2.87. The Morgan fingerprint density at radius 1 is 1.45 bits per heavy atom. The second-order valence-electron chi connectivity index (χ2n) is 4.21. The highest BCUT2D eigenvalue weighted by molar-refractivity contribution is 6.04. The number of hydrogen-bond donors (Lipinski definition) is 2. The Morgan fingerprint density at radius 2 is 2.15 bits per heavy atom. The Bertz CT molecular complexity index is 693. The van der Waals surface area contributed by atoms with Gasteiger partial charge in [-0.3, -0.25) is 20.2 Å². The Morgan fingerprint density at radius 3 is 2.65 bits per heavy atom. The lowest BCUT2D eigenvalue weighted by Crippen LogP contribution is -2.12. The molecule has 0 fully saturated rings. The SMILES string of the molecule is Cc1noc(NC(=O)c2ccc([N+](=O)[O-])c(N)c2)c1C. The van der Waals surface area contributed by atoms with E-state index in [0.29, 0.717) is 11.3 Å². The van der Waals surface area contributed by atoms with Crippen LogP contribution in [0.3, 0.4) is 0 Å². The summed E-state index contributed by atoms with van der Waals surface area (Å²) in [4.78, 5) is 22.0. The Balaban J connectivity index is 2.24. The number of nitrogens with zero attached hydrogens (tertiary/aromatic N) is 2. The molecule has 2 aromatic rings. The normalized spacial score (nSPS) is 10.3. The minimum Gasteiger partial charge on any atom is -0.393 e. The van der Waals surface area contributed by atoms with Crippen LogP contribution in [0.5, 0.6) is 0 Å². The second kappa shape index (κ2) is 5.00. The molecule has 3 N–H and O–H groups in total. The van der Waals surface area contributed by atoms with Gasteiger partial charge in [0.25, 0.3) is 11.6 Å². The van der Waals surface area contributed by atoms with Crippen molar-refractivity contribution in [3.8, 4) is 0 Å². The van der Waals surface area contributed by atoms with Gasteiger partial charge in [0.05, 0.1) is 10.6 Å². The number of nitro groups is 1. The minimum absolute atomic E-state index is 0.0758. The predicted octanol–water partition coefficient (Wildman–Crippen LogP) is 2.03. The van der Waals surface area contributed by atoms with Gasteiger partial charge in [0.1, 0.15) is 5.69 Å². The van der Waals surface area contributed by atoms with Gasteiger partial charge in [-0.25, -0.2) is 0 Å². The van der Waals surface area contributed by atoms with Crippen molar-refractivity contribution >= 4 is 23.2 Å². The number of amides is 1. The molecule has 0 spiro atoms. The van der Waals surface area contributed by atoms with Crippen molar-refractivity contribution < 1.29 is 14.2 Å². The van der Waals surface area contributed by atoms with Crippen LogP contribution < -0.4 is 11.1 Å². The number of aromatic nitrogens is 1. The van der Waals surface area contributed by atoms with Gasteiger partial charge in [-0.2, -0.15) is 0 Å². The zero-order chi connectivity index (χ0) is 14.9. The topological polar surface area (TPSA) is 124 Å². The molecule has 0 saturated carbocycles. The van der Waals surface area contributed by atoms with E-state index in [4.69, 9.17) is 10.3 Å². The van der Waals surface area contributed by atoms with E-state index in [1.165, 1.54) is 18.2 Å². The molecule has 0 atom stereocenters. The van der Waals surface area contributed by atoms with Crippen LogP contribution in [0.15, 0.2) is 22.7 Å². The summed E-state index contributed by atoms with van der Waals surface area (Å²) in [5.74, 6) is -0.240. The number of aryl methyl sites for hydroxylation is 1. The van der Waals surface area contributed by atoms with Crippen LogP contribution >= 0.6 is 0 Å². The molecule has 0 aliphatic rings. The first kappa shape index (κ1) is 13.5. The molecular weight excluding hydrogens is 264 g/mol. The van der Waals surface area contributed by atoms with Crippen LogP contribution in [-0.4, -0.2) is 16.0 Å². The smallest absolute Gasteiger partial charge is 0.292 e. The molecule has 20 heavy (non-hydrogen) atoms. The summed E-state index contributed by atoms with van der Waals surface area (Å²) in [6.45, 7) is 3.50. The molecule has 104 valence electrons. The third-order valence-electron chi connectivity index (χ3n) is 2.87. The van der Waals surface area contributed by atoms with E-state index in [0.717, 1.165) is 0 Å². The molecule has 0 unspecified atom stereocenters. The van der Waals surface area contributed by atoms with Crippen LogP contribution in [0.1, 0.15) is 21.6 Å². The number of anilines is 2. The maximum absolute atomic E-state index is 12.0. The van der Waals surface area contributed by atoms with E-state index in [-0.39, 0.29) is 22.8 Å². The third kappa shape index (κ3) is 2.44. The molecule has 0 aliphatic heterocycles. The molecule has 1 aromatic carbocycles. The van der Waals surface area contributed by atoms with Crippen molar-refractivity contribution in [3.63, 3.8) is 0 Å². The predicted molar refractivity (Wildman–Crippen MR) is 71.4 cm³/mol. The quantitative estimate of drug-likeness (QED) is 0.502. The Labute approximate surface area is 113 Å². The van der Waals surface area contributed by atoms with E-state index in [1.54, 1.807) is 13.8 Å². The van der Waals surface area contributed by atoms with E-state index >= 15 is 0 Å². The fourth-order valence-corrected chi connectivity index (χ4v) is 1.57. The number of nitro benzene ring substituents is 1. The first-order valence-electron chi connectivity index (χ1n) is 5.68. The largest absolute Gasteiger partial charge is 0.393 e. The van der Waals surface area contributed by atoms with Crippen LogP contribution in [0, 0.1) is 24.0 Å². The number of nitrogen functional groups attached to an aromatic ring is 1. The molecule has 2 rings (SSSR count). The van der Waals surface area contributed by atoms with Crippen LogP contribution in [0.4, 0.5) is 17.3 Å². The first-order valence-corrected chi connectivity index (χ1v) is 5.68. The van der Waals surface area contributed by atoms with Crippen molar-refractivity contribution in [1.29, 1.82) is 0 Å². The lowest BCUT2D eigenvalue weighted by Gasteiger charge is -2.04. The first-order chi connectivity index (χ1) is 9.40. The molecule has 8 heteroatoms. The van der Waals surface area contributed by atoms with Crippen molar-refractivity contribution in [2.75, 3.05) is 11.1 Å². The Kier molecular flexibility index (Phi) is 3.38. The van der Waals surface area contributed by atoms with Crippen molar-refractivity contribution in [3.05, 3.63) is 45.1 Å². The van der Waals surface area contributed by atoms with Crippen molar-refractivity contribution in [2.45, 2.75) is 13.8 Å². The number of rotatable bonds is 3. The maximum atomic E-state index is 12.0. The average Bonchev–Trinajstić information content (AvgIpc) is 2.70. The molecule has 0 saturated heterocycles. The second-order valence-corrected chi connectivity index (χ2v) is 4.21. The Hall–Kier alpha value is -2.90. The van der Waals surface area contributed by atoms with E-state index in [1.807, 2.05) is 0 Å². The van der Waals surface area contributed by atoms with Crippen LogP contribution in [-0.2, 0) is 0 Å². The van der Waals surface area contributed by atoms with Gasteiger partial charge < -0.3 is 10.3 Å². The molecule has 1 aromatic heterocycles. The van der Waals surface area contributed by atoms with Crippen molar-refractivity contribution in [2.24, 2.45) is 0 Å². The monoisotopic (exact) mass is 276 g/mol. The van der Waals surface area contributed by atoms with Gasteiger partial charge in [0.15, 0.2) is 0 Å². The summed E-state index contributed by atoms with van der Waals surface area (Å²) in [7, 11) is 0. The van der Waals surface area contributed by atoms with Gasteiger partial charge in [0.2, 0.25) is 5.88 Å². The molecular formula is C12H12N4O4. The molecule has 1 heterocycles. The van der Waals surface area contributed by atoms with Crippen molar-refractivity contribution in [1.82, 2.24) is 5.16 Å². The fourth-order valence-electron chi connectivity index (χ4n) is 1.57. The van der Waals surface area contributed by atoms with E-state index in [2.05, 4.69) is 10.5 Å². The van der Waals surface area contributed by atoms with E-state index < -0.39 is 10.8 Å². The zero-order valence-electron chi connectivity index (χ0n) is 10.8. The number of nitrogens with two attached hydrogens (primary N) is 1. The molecule has 0 radical (unpaired) electrons. The minimum atomic E-state index is -0.610. The van der Waals surface area contributed by atoms with Crippen LogP contribution in [0.2, 0.25) is 0 Å². The molecule has 0 aliphatic carbocycles.